The van der Waals surface area contributed by atoms with Gasteiger partial charge in [0, 0.05) is 19.5 Å². The smallest absolute Gasteiger partial charge is 0.153 e. The molecule has 2 N–H and O–H groups in total. The van der Waals surface area contributed by atoms with Crippen LogP contribution in [0.2, 0.25) is 5.02 Å². The molecule has 0 amide bonds. The Bertz CT molecular complexity index is 571. The molecule has 2 heterocycles. The van der Waals surface area contributed by atoms with Crippen LogP contribution >= 0.6 is 11.6 Å². The predicted octanol–water partition coefficient (Wildman–Crippen LogP) is 2.52. The summed E-state index contributed by atoms with van der Waals surface area (Å²) in [6.07, 6.45) is 0.939. The summed E-state index contributed by atoms with van der Waals surface area (Å²) in [5.41, 5.74) is 3.13. The number of para-hydroxylation sites is 1. The van der Waals surface area contributed by atoms with E-state index in [9.17, 15) is 0 Å². The first kappa shape index (κ1) is 11.4. The van der Waals surface area contributed by atoms with Crippen LogP contribution in [-0.2, 0) is 13.0 Å². The monoisotopic (exact) mass is 260 g/mol. The third-order valence-electron chi connectivity index (χ3n) is 2.95. The van der Waals surface area contributed by atoms with E-state index >= 15 is 0 Å². The number of aromatic nitrogens is 2. The topological polar surface area (TPSA) is 49.8 Å². The first-order chi connectivity index (χ1) is 8.83. The fourth-order valence-corrected chi connectivity index (χ4v) is 2.19. The molecule has 92 valence electrons. The fourth-order valence-electron chi connectivity index (χ4n) is 2.01. The van der Waals surface area contributed by atoms with E-state index in [1.54, 1.807) is 0 Å². The molecule has 0 spiro atoms. The van der Waals surface area contributed by atoms with Crippen LogP contribution in [0.15, 0.2) is 30.3 Å². The Morgan fingerprint density at radius 1 is 1.22 bits per heavy atom. The summed E-state index contributed by atoms with van der Waals surface area (Å²) < 4.78 is 0. The lowest BCUT2D eigenvalue weighted by molar-refractivity contribution is 0.621. The van der Waals surface area contributed by atoms with Crippen molar-refractivity contribution in [2.24, 2.45) is 0 Å². The van der Waals surface area contributed by atoms with Gasteiger partial charge in [-0.2, -0.15) is 5.10 Å². The lowest BCUT2D eigenvalue weighted by Crippen LogP contribution is -2.25. The molecule has 2 aromatic rings. The predicted molar refractivity (Wildman–Crippen MR) is 72.2 cm³/mol. The van der Waals surface area contributed by atoms with E-state index in [4.69, 9.17) is 11.6 Å². The summed E-state index contributed by atoms with van der Waals surface area (Å²) in [4.78, 5) is 0. The molecule has 1 aromatic heterocycles. The molecule has 1 aromatic carbocycles. The second-order valence-electron chi connectivity index (χ2n) is 4.23. The van der Waals surface area contributed by atoms with Crippen LogP contribution in [0.4, 0.5) is 11.5 Å². The van der Waals surface area contributed by atoms with E-state index in [1.807, 2.05) is 30.3 Å². The van der Waals surface area contributed by atoms with Crippen molar-refractivity contribution in [3.63, 3.8) is 0 Å². The van der Waals surface area contributed by atoms with Gasteiger partial charge in [0.05, 0.1) is 16.4 Å². The van der Waals surface area contributed by atoms with E-state index in [2.05, 4.69) is 20.8 Å². The second-order valence-corrected chi connectivity index (χ2v) is 4.64. The van der Waals surface area contributed by atoms with Gasteiger partial charge in [-0.05, 0) is 23.8 Å². The van der Waals surface area contributed by atoms with Crippen molar-refractivity contribution in [3.05, 3.63) is 46.6 Å². The minimum Gasteiger partial charge on any atom is -0.338 e. The third-order valence-corrected chi connectivity index (χ3v) is 3.28. The van der Waals surface area contributed by atoms with E-state index in [0.29, 0.717) is 5.02 Å². The third kappa shape index (κ3) is 2.30. The SMILES string of the molecule is Clc1ccccc1Nc1cc2c(nn1)CCNC2. The summed E-state index contributed by atoms with van der Waals surface area (Å²) in [7, 11) is 0. The highest BCUT2D eigenvalue weighted by atomic mass is 35.5. The maximum atomic E-state index is 6.09. The molecule has 1 aliphatic rings. The molecule has 4 nitrogen and oxygen atoms in total. The Morgan fingerprint density at radius 3 is 3.00 bits per heavy atom. The van der Waals surface area contributed by atoms with Gasteiger partial charge in [-0.25, -0.2) is 0 Å². The number of fused-ring (bicyclic) bond motifs is 1. The van der Waals surface area contributed by atoms with Gasteiger partial charge in [0.15, 0.2) is 5.82 Å². The van der Waals surface area contributed by atoms with Gasteiger partial charge in [0.1, 0.15) is 0 Å². The molecule has 0 fully saturated rings. The van der Waals surface area contributed by atoms with Crippen molar-refractivity contribution in [2.75, 3.05) is 11.9 Å². The highest BCUT2D eigenvalue weighted by Crippen LogP contribution is 2.24. The Balaban J connectivity index is 1.87. The molecule has 0 bridgehead atoms. The van der Waals surface area contributed by atoms with Crippen molar-refractivity contribution in [3.8, 4) is 0 Å². The van der Waals surface area contributed by atoms with E-state index in [0.717, 1.165) is 36.7 Å². The number of rotatable bonds is 2. The van der Waals surface area contributed by atoms with Crippen LogP contribution in [0.3, 0.4) is 0 Å². The molecule has 0 atom stereocenters. The Kier molecular flexibility index (Phi) is 3.13. The molecule has 5 heteroatoms. The first-order valence-electron chi connectivity index (χ1n) is 5.91. The van der Waals surface area contributed by atoms with E-state index in [-0.39, 0.29) is 0 Å². The molecule has 0 unspecified atom stereocenters. The summed E-state index contributed by atoms with van der Waals surface area (Å²) in [5.74, 6) is 0.727. The highest BCUT2D eigenvalue weighted by Gasteiger charge is 2.11. The van der Waals surface area contributed by atoms with Crippen LogP contribution in [0, 0.1) is 0 Å². The number of halogens is 1. The van der Waals surface area contributed by atoms with Crippen LogP contribution < -0.4 is 10.6 Å². The zero-order chi connectivity index (χ0) is 12.4. The number of hydrogen-bond acceptors (Lipinski definition) is 4. The molecule has 1 aliphatic heterocycles. The highest BCUT2D eigenvalue weighted by molar-refractivity contribution is 6.33. The summed E-state index contributed by atoms with van der Waals surface area (Å²) in [6.45, 7) is 1.82. The van der Waals surface area contributed by atoms with Gasteiger partial charge in [-0.15, -0.1) is 5.10 Å². The van der Waals surface area contributed by atoms with Crippen molar-refractivity contribution < 1.29 is 0 Å². The minimum atomic E-state index is 0.676. The van der Waals surface area contributed by atoms with Crippen molar-refractivity contribution in [1.82, 2.24) is 15.5 Å². The van der Waals surface area contributed by atoms with Gasteiger partial charge in [-0.1, -0.05) is 23.7 Å². The number of anilines is 2. The molecule has 18 heavy (non-hydrogen) atoms. The van der Waals surface area contributed by atoms with Crippen molar-refractivity contribution in [1.29, 1.82) is 0 Å². The molecule has 0 radical (unpaired) electrons. The number of nitrogens with one attached hydrogen (secondary N) is 2. The molecule has 0 aliphatic carbocycles. The molecular formula is C13H13ClN4. The maximum absolute atomic E-state index is 6.09. The zero-order valence-corrected chi connectivity index (χ0v) is 10.5. The fraction of sp³-hybridized carbons (Fsp3) is 0.231. The van der Waals surface area contributed by atoms with Crippen LogP contribution in [0.1, 0.15) is 11.3 Å². The molecule has 3 rings (SSSR count). The number of hydrogen-bond donors (Lipinski definition) is 2. The number of nitrogens with zero attached hydrogens (tertiary/aromatic N) is 2. The Labute approximate surface area is 110 Å². The summed E-state index contributed by atoms with van der Waals surface area (Å²) in [5, 5.41) is 15.6. The molecule has 0 saturated heterocycles. The summed E-state index contributed by atoms with van der Waals surface area (Å²) in [6, 6.07) is 9.62. The Morgan fingerprint density at radius 2 is 2.11 bits per heavy atom. The number of benzene rings is 1. The van der Waals surface area contributed by atoms with Crippen LogP contribution in [0.25, 0.3) is 0 Å². The van der Waals surface area contributed by atoms with E-state index in [1.165, 1.54) is 5.56 Å². The standard InChI is InChI=1S/C13H13ClN4/c14-10-3-1-2-4-12(10)16-13-7-9-8-15-6-5-11(9)17-18-13/h1-4,7,15H,5-6,8H2,(H,16,18). The normalized spacial score (nSPS) is 14.1. The first-order valence-corrected chi connectivity index (χ1v) is 6.28. The lowest BCUT2D eigenvalue weighted by Gasteiger charge is -2.16. The van der Waals surface area contributed by atoms with Gasteiger partial charge in [-0.3, -0.25) is 0 Å². The van der Waals surface area contributed by atoms with Gasteiger partial charge < -0.3 is 10.6 Å². The molecular weight excluding hydrogens is 248 g/mol. The maximum Gasteiger partial charge on any atom is 0.153 e. The average molecular weight is 261 g/mol. The average Bonchev–Trinajstić information content (AvgIpc) is 2.41. The van der Waals surface area contributed by atoms with Crippen LogP contribution in [0.5, 0.6) is 0 Å². The van der Waals surface area contributed by atoms with Crippen LogP contribution in [-0.4, -0.2) is 16.7 Å². The summed E-state index contributed by atoms with van der Waals surface area (Å²) >= 11 is 6.09. The Hall–Kier alpha value is -1.65. The quantitative estimate of drug-likeness (QED) is 0.871. The molecule has 0 saturated carbocycles. The van der Waals surface area contributed by atoms with Crippen molar-refractivity contribution in [2.45, 2.75) is 13.0 Å². The van der Waals surface area contributed by atoms with E-state index < -0.39 is 0 Å². The largest absolute Gasteiger partial charge is 0.338 e. The van der Waals surface area contributed by atoms with Gasteiger partial charge >= 0.3 is 0 Å². The lowest BCUT2D eigenvalue weighted by atomic mass is 10.1. The van der Waals surface area contributed by atoms with Gasteiger partial charge in [0.2, 0.25) is 0 Å². The minimum absolute atomic E-state index is 0.676. The second kappa shape index (κ2) is 4.92. The van der Waals surface area contributed by atoms with Gasteiger partial charge in [0.25, 0.3) is 0 Å². The van der Waals surface area contributed by atoms with Crippen molar-refractivity contribution >= 4 is 23.1 Å². The zero-order valence-electron chi connectivity index (χ0n) is 9.78.